The van der Waals surface area contributed by atoms with Crippen LogP contribution in [0.2, 0.25) is 0 Å². The second kappa shape index (κ2) is 23.3. The molecule has 2 aromatic rings. The molecule has 1 saturated carbocycles. The minimum Gasteiger partial charge on any atom is -0.493 e. The molecule has 0 N–H and O–H groups in total. The number of nitriles is 2. The summed E-state index contributed by atoms with van der Waals surface area (Å²) < 4.78 is 33.9. The molecular weight excluding hydrogens is 757 g/mol. The first-order valence-corrected chi connectivity index (χ1v) is 19.7. The highest BCUT2D eigenvalue weighted by Crippen LogP contribution is 2.46. The van der Waals surface area contributed by atoms with Gasteiger partial charge in [0.1, 0.15) is 61.9 Å². The van der Waals surface area contributed by atoms with Crippen molar-refractivity contribution in [3.8, 4) is 40.5 Å². The van der Waals surface area contributed by atoms with Crippen LogP contribution in [-0.4, -0.2) is 56.3 Å². The number of carbonyl (C=O) groups excluding carboxylic acids is 5. The molecule has 0 amide bonds. The fourth-order valence-corrected chi connectivity index (χ4v) is 6.37. The lowest BCUT2D eigenvalue weighted by atomic mass is 9.76. The maximum absolute atomic E-state index is 13.0. The van der Waals surface area contributed by atoms with Crippen molar-refractivity contribution in [1.82, 2.24) is 0 Å². The maximum Gasteiger partial charge on any atom is 0.338 e. The van der Waals surface area contributed by atoms with Crippen molar-refractivity contribution in [2.24, 2.45) is 11.3 Å². The van der Waals surface area contributed by atoms with Crippen LogP contribution in [0.1, 0.15) is 103 Å². The molecule has 0 saturated heterocycles. The van der Waals surface area contributed by atoms with Crippen LogP contribution in [0.4, 0.5) is 0 Å². The molecule has 13 heteroatoms. The molecule has 0 radical (unpaired) electrons. The Labute approximate surface area is 346 Å². The summed E-state index contributed by atoms with van der Waals surface area (Å²) in [5.74, 6) is -2.14. The van der Waals surface area contributed by atoms with Gasteiger partial charge in [-0.05, 0) is 88.1 Å². The number of hydrogen-bond acceptors (Lipinski definition) is 13. The van der Waals surface area contributed by atoms with Crippen molar-refractivity contribution < 1.29 is 52.4 Å². The summed E-state index contributed by atoms with van der Waals surface area (Å²) >= 11 is 0. The molecule has 0 aliphatic heterocycles. The molecule has 2 aromatic carbocycles. The number of esters is 5. The van der Waals surface area contributed by atoms with Gasteiger partial charge in [-0.3, -0.25) is 9.59 Å². The minimum absolute atomic E-state index is 0.0609. The minimum atomic E-state index is -1.48. The van der Waals surface area contributed by atoms with Gasteiger partial charge in [0.25, 0.3) is 0 Å². The predicted molar refractivity (Wildman–Crippen MR) is 218 cm³/mol. The van der Waals surface area contributed by atoms with Gasteiger partial charge in [-0.15, -0.1) is 0 Å². The molecule has 1 aliphatic carbocycles. The molecule has 0 unspecified atom stereocenters. The zero-order valence-corrected chi connectivity index (χ0v) is 34.5. The van der Waals surface area contributed by atoms with E-state index in [0.29, 0.717) is 22.8 Å². The Morgan fingerprint density at radius 1 is 0.695 bits per heavy atom. The summed E-state index contributed by atoms with van der Waals surface area (Å²) in [5, 5.41) is 17.9. The van der Waals surface area contributed by atoms with Gasteiger partial charge in [-0.2, -0.15) is 10.5 Å². The third kappa shape index (κ3) is 14.9. The first kappa shape index (κ1) is 47.2. The zero-order valence-electron chi connectivity index (χ0n) is 34.5. The van der Waals surface area contributed by atoms with Gasteiger partial charge in [0.05, 0.1) is 12.1 Å². The number of nitrogens with zero attached hydrogens (tertiary/aromatic N) is 2. The van der Waals surface area contributed by atoms with E-state index in [4.69, 9.17) is 38.9 Å². The van der Waals surface area contributed by atoms with Crippen LogP contribution in [0.3, 0.4) is 0 Å². The van der Waals surface area contributed by atoms with E-state index in [1.54, 1.807) is 62.4 Å². The lowest BCUT2D eigenvalue weighted by Crippen LogP contribution is -2.44. The third-order valence-corrected chi connectivity index (χ3v) is 9.81. The van der Waals surface area contributed by atoms with Gasteiger partial charge in [0.15, 0.2) is 0 Å². The first-order chi connectivity index (χ1) is 28.1. The summed E-state index contributed by atoms with van der Waals surface area (Å²) in [7, 11) is 0. The van der Waals surface area contributed by atoms with Crippen LogP contribution in [-0.2, 0) is 38.2 Å². The molecule has 1 fully saturated rings. The van der Waals surface area contributed by atoms with Gasteiger partial charge < -0.3 is 28.4 Å². The topological polar surface area (TPSA) is 188 Å². The largest absolute Gasteiger partial charge is 0.493 e. The smallest absolute Gasteiger partial charge is 0.338 e. The van der Waals surface area contributed by atoms with Gasteiger partial charge >= 0.3 is 29.8 Å². The highest BCUT2D eigenvalue weighted by molar-refractivity contribution is 5.92. The van der Waals surface area contributed by atoms with Crippen LogP contribution in [0, 0.1) is 34.0 Å². The SMILES string of the molecule is C=C(C)C(=O)OCC(COC(=O)CC#N)(COC(=O)CC#N)COc1ccc(-c2cc(OC(=O)C(=C)C)c(C3CCC(CCCCC)CC3)cc2OC(=O)C(=C)C)cc1. The molecule has 1 aliphatic rings. The van der Waals surface area contributed by atoms with E-state index >= 15 is 0 Å². The van der Waals surface area contributed by atoms with Crippen LogP contribution in [0.5, 0.6) is 17.2 Å². The third-order valence-electron chi connectivity index (χ3n) is 9.81. The second-order valence-corrected chi connectivity index (χ2v) is 15.1. The van der Waals surface area contributed by atoms with Gasteiger partial charge in [0, 0.05) is 27.8 Å². The number of carbonyl (C=O) groups is 5. The van der Waals surface area contributed by atoms with Crippen molar-refractivity contribution in [3.05, 3.63) is 78.4 Å². The molecule has 0 aromatic heterocycles. The van der Waals surface area contributed by atoms with E-state index in [-0.39, 0.29) is 40.7 Å². The molecule has 0 bridgehead atoms. The van der Waals surface area contributed by atoms with E-state index in [1.807, 2.05) is 0 Å². The Kier molecular flexibility index (Phi) is 18.6. The van der Waals surface area contributed by atoms with Crippen LogP contribution in [0.25, 0.3) is 11.1 Å². The summed E-state index contributed by atoms with van der Waals surface area (Å²) in [4.78, 5) is 62.7. The number of benzene rings is 2. The fraction of sp³-hybridized carbons (Fsp3) is 0.457. The van der Waals surface area contributed by atoms with Gasteiger partial charge in [0.2, 0.25) is 0 Å². The molecule has 3 rings (SSSR count). The molecule has 0 spiro atoms. The Balaban J connectivity index is 2.02. The standard InChI is InChI=1S/C46H54N2O11/c1-8-9-10-11-33-12-14-34(15-13-33)37-24-40(59-45(53)32(6)7)38(25-39(37)58-44(52)31(4)5)35-16-18-36(19-17-35)54-26-46(27-55-41(49)20-22-47,28-56-42(50)21-23-48)29-57-43(51)30(2)3/h16-19,24-25,33-34H,2,4,6,8-15,20-21,26-29H2,1,3,5,7H3. The number of rotatable bonds is 22. The van der Waals surface area contributed by atoms with Crippen molar-refractivity contribution in [2.45, 2.75) is 97.8 Å². The lowest BCUT2D eigenvalue weighted by molar-refractivity contribution is -0.162. The Morgan fingerprint density at radius 3 is 1.73 bits per heavy atom. The van der Waals surface area contributed by atoms with Gasteiger partial charge in [-0.1, -0.05) is 64.5 Å². The maximum atomic E-state index is 13.0. The first-order valence-electron chi connectivity index (χ1n) is 19.7. The predicted octanol–water partition coefficient (Wildman–Crippen LogP) is 8.57. The summed E-state index contributed by atoms with van der Waals surface area (Å²) in [5.41, 5.74) is 0.802. The Hall–Kier alpha value is -6.21. The normalized spacial score (nSPS) is 14.7. The zero-order chi connectivity index (χ0) is 43.5. The van der Waals surface area contributed by atoms with E-state index in [9.17, 15) is 24.0 Å². The molecule has 59 heavy (non-hydrogen) atoms. The Morgan fingerprint density at radius 2 is 1.22 bits per heavy atom. The fourth-order valence-electron chi connectivity index (χ4n) is 6.37. The molecular formula is C46H54N2O11. The molecule has 314 valence electrons. The highest BCUT2D eigenvalue weighted by atomic mass is 16.6. The lowest BCUT2D eigenvalue weighted by Gasteiger charge is -2.32. The van der Waals surface area contributed by atoms with Crippen LogP contribution in [0.15, 0.2) is 72.9 Å². The summed E-state index contributed by atoms with van der Waals surface area (Å²) in [6.45, 7) is 16.1. The number of unbranched alkanes of at least 4 members (excludes halogenated alkanes) is 2. The van der Waals surface area contributed by atoms with E-state index in [0.717, 1.165) is 31.2 Å². The van der Waals surface area contributed by atoms with Crippen molar-refractivity contribution in [3.63, 3.8) is 0 Å². The van der Waals surface area contributed by atoms with Crippen molar-refractivity contribution in [2.75, 3.05) is 26.4 Å². The van der Waals surface area contributed by atoms with E-state index < -0.39 is 67.9 Å². The number of hydrogen-bond donors (Lipinski definition) is 0. The number of ether oxygens (including phenoxy) is 6. The van der Waals surface area contributed by atoms with Crippen LogP contribution >= 0.6 is 0 Å². The molecule has 0 atom stereocenters. The van der Waals surface area contributed by atoms with E-state index in [1.165, 1.54) is 32.6 Å². The van der Waals surface area contributed by atoms with Crippen LogP contribution < -0.4 is 14.2 Å². The average molecular weight is 811 g/mol. The second-order valence-electron chi connectivity index (χ2n) is 15.1. The van der Waals surface area contributed by atoms with Gasteiger partial charge in [-0.25, -0.2) is 14.4 Å². The summed E-state index contributed by atoms with van der Waals surface area (Å²) in [6, 6.07) is 13.5. The van der Waals surface area contributed by atoms with Crippen molar-refractivity contribution in [1.29, 1.82) is 10.5 Å². The molecule has 13 nitrogen and oxygen atoms in total. The quantitative estimate of drug-likeness (QED) is 0.0362. The highest BCUT2D eigenvalue weighted by Gasteiger charge is 2.38. The average Bonchev–Trinajstić information content (AvgIpc) is 3.21. The molecule has 0 heterocycles. The Bertz CT molecular complexity index is 1930. The monoisotopic (exact) mass is 810 g/mol. The summed E-state index contributed by atoms with van der Waals surface area (Å²) in [6.07, 6.45) is 7.50. The van der Waals surface area contributed by atoms with Crippen molar-refractivity contribution >= 4 is 29.8 Å². The van der Waals surface area contributed by atoms with E-state index in [2.05, 4.69) is 26.7 Å².